The normalized spacial score (nSPS) is 18.6. The third kappa shape index (κ3) is 10.6. The Morgan fingerprint density at radius 3 is 2.18 bits per heavy atom. The Hall–Kier alpha value is -3.95. The van der Waals surface area contributed by atoms with E-state index in [0.29, 0.717) is 56.5 Å². The van der Waals surface area contributed by atoms with E-state index in [2.05, 4.69) is 12.2 Å². The zero-order valence-electron chi connectivity index (χ0n) is 26.1. The molecule has 2 aromatic rings. The lowest BCUT2D eigenvalue weighted by atomic mass is 9.86. The van der Waals surface area contributed by atoms with Gasteiger partial charge in [-0.1, -0.05) is 44.4 Å². The first-order valence-corrected chi connectivity index (χ1v) is 16.0. The number of benzene rings is 2. The number of para-hydroxylation sites is 1. The molecule has 1 heterocycles. The monoisotopic (exact) mass is 609 g/mol. The van der Waals surface area contributed by atoms with Crippen LogP contribution in [0.3, 0.4) is 0 Å². The van der Waals surface area contributed by atoms with Crippen LogP contribution in [0.4, 0.5) is 14.4 Å². The summed E-state index contributed by atoms with van der Waals surface area (Å²) in [4.78, 5) is 40.9. The van der Waals surface area contributed by atoms with Gasteiger partial charge in [0.2, 0.25) is 0 Å². The molecule has 0 unspecified atom stereocenters. The first-order valence-electron chi connectivity index (χ1n) is 16.0. The molecule has 2 aliphatic rings. The van der Waals surface area contributed by atoms with Crippen molar-refractivity contribution in [3.05, 3.63) is 54.6 Å². The second-order valence-electron chi connectivity index (χ2n) is 11.7. The molecule has 2 fully saturated rings. The van der Waals surface area contributed by atoms with E-state index < -0.39 is 6.09 Å². The van der Waals surface area contributed by atoms with Gasteiger partial charge in [0.05, 0.1) is 6.61 Å². The molecule has 10 nitrogen and oxygen atoms in total. The maximum atomic E-state index is 12.9. The summed E-state index contributed by atoms with van der Waals surface area (Å²) in [6, 6.07) is 16.5. The molecule has 1 saturated heterocycles. The summed E-state index contributed by atoms with van der Waals surface area (Å²) in [7, 11) is 1.79. The zero-order valence-corrected chi connectivity index (χ0v) is 26.1. The summed E-state index contributed by atoms with van der Waals surface area (Å²) in [6.07, 6.45) is 7.72. The summed E-state index contributed by atoms with van der Waals surface area (Å²) in [5.74, 6) is 2.13. The van der Waals surface area contributed by atoms with Crippen molar-refractivity contribution < 1.29 is 33.3 Å². The summed E-state index contributed by atoms with van der Waals surface area (Å²) in [6.45, 7) is 4.13. The molecule has 4 rings (SSSR count). The van der Waals surface area contributed by atoms with Gasteiger partial charge in [-0.3, -0.25) is 0 Å². The van der Waals surface area contributed by atoms with Crippen LogP contribution < -0.4 is 14.8 Å². The molecule has 0 aromatic heterocycles. The maximum absolute atomic E-state index is 12.9. The number of alkyl carbamates (subject to hydrolysis) is 1. The van der Waals surface area contributed by atoms with Crippen molar-refractivity contribution in [1.82, 2.24) is 15.1 Å². The first-order chi connectivity index (χ1) is 21.4. The lowest BCUT2D eigenvalue weighted by Crippen LogP contribution is -2.45. The van der Waals surface area contributed by atoms with Crippen LogP contribution in [0.15, 0.2) is 54.6 Å². The summed E-state index contributed by atoms with van der Waals surface area (Å²) >= 11 is 0. The highest BCUT2D eigenvalue weighted by Crippen LogP contribution is 2.29. The molecule has 1 N–H and O–H groups in total. The van der Waals surface area contributed by atoms with Crippen molar-refractivity contribution in [1.29, 1.82) is 0 Å². The average Bonchev–Trinajstić information content (AvgIpc) is 3.05. The van der Waals surface area contributed by atoms with Crippen LogP contribution >= 0.6 is 0 Å². The van der Waals surface area contributed by atoms with Crippen LogP contribution in [0.2, 0.25) is 0 Å². The van der Waals surface area contributed by atoms with E-state index in [1.165, 1.54) is 12.8 Å². The quantitative estimate of drug-likeness (QED) is 0.250. The number of amides is 3. The van der Waals surface area contributed by atoms with Gasteiger partial charge in [-0.2, -0.15) is 0 Å². The Morgan fingerprint density at radius 1 is 0.841 bits per heavy atom. The second kappa shape index (κ2) is 17.4. The zero-order chi connectivity index (χ0) is 31.1. The largest absolute Gasteiger partial charge is 0.457 e. The average molecular weight is 610 g/mol. The molecule has 0 bridgehead atoms. The van der Waals surface area contributed by atoms with Crippen molar-refractivity contribution in [2.45, 2.75) is 83.3 Å². The van der Waals surface area contributed by atoms with Gasteiger partial charge in [0, 0.05) is 45.6 Å². The lowest BCUT2D eigenvalue weighted by molar-refractivity contribution is 0.0225. The standard InChI is InChI=1S/C34H47N3O7/c1-3-4-5-9-22-35-32(38)41-25-26-12-14-27(15-13-26)36(2)33(39)43-31-20-23-37(24-21-31)34(40)44-30-18-16-29(17-19-30)42-28-10-7-6-8-11-28/h6-8,10-11,16-19,26-27,31H,3-5,9,12-15,20-25H2,1-2H3,(H,35,38). The smallest absolute Gasteiger partial charge is 0.415 e. The Balaban J connectivity index is 1.09. The Morgan fingerprint density at radius 2 is 1.50 bits per heavy atom. The number of nitrogens with one attached hydrogen (secondary N) is 1. The van der Waals surface area contributed by atoms with Crippen LogP contribution in [0.1, 0.15) is 71.1 Å². The predicted molar refractivity (Wildman–Crippen MR) is 167 cm³/mol. The van der Waals surface area contributed by atoms with Gasteiger partial charge < -0.3 is 34.1 Å². The van der Waals surface area contributed by atoms with Crippen molar-refractivity contribution >= 4 is 18.3 Å². The Bertz CT molecular complexity index is 1160. The number of nitrogens with zero attached hydrogens (tertiary/aromatic N) is 2. The SMILES string of the molecule is CCCCCCNC(=O)OCC1CCC(N(C)C(=O)OC2CCN(C(=O)Oc3ccc(Oc4ccccc4)cc3)CC2)CC1. The molecule has 44 heavy (non-hydrogen) atoms. The number of ether oxygens (including phenoxy) is 4. The van der Waals surface area contributed by atoms with E-state index in [4.69, 9.17) is 18.9 Å². The number of piperidine rings is 1. The minimum atomic E-state index is -0.422. The van der Waals surface area contributed by atoms with Crippen molar-refractivity contribution in [3.63, 3.8) is 0 Å². The van der Waals surface area contributed by atoms with Gasteiger partial charge in [-0.05, 0) is 74.4 Å². The highest BCUT2D eigenvalue weighted by molar-refractivity contribution is 5.71. The third-order valence-electron chi connectivity index (χ3n) is 8.38. The molecule has 1 saturated carbocycles. The van der Waals surface area contributed by atoms with Crippen molar-refractivity contribution in [3.8, 4) is 17.2 Å². The molecule has 0 atom stereocenters. The van der Waals surface area contributed by atoms with Gasteiger partial charge >= 0.3 is 18.3 Å². The first kappa shape index (κ1) is 33.0. The minimum absolute atomic E-state index is 0.102. The molecule has 10 heteroatoms. The fraction of sp³-hybridized carbons (Fsp3) is 0.559. The minimum Gasteiger partial charge on any atom is -0.457 e. The lowest BCUT2D eigenvalue weighted by Gasteiger charge is -2.36. The van der Waals surface area contributed by atoms with Crippen LogP contribution in [-0.2, 0) is 9.47 Å². The molecule has 1 aliphatic heterocycles. The maximum Gasteiger partial charge on any atom is 0.415 e. The molecular formula is C34H47N3O7. The Labute approximate surface area is 261 Å². The third-order valence-corrected chi connectivity index (χ3v) is 8.38. The second-order valence-corrected chi connectivity index (χ2v) is 11.7. The number of hydrogen-bond acceptors (Lipinski definition) is 7. The number of carbonyl (C=O) groups excluding carboxylic acids is 3. The van der Waals surface area contributed by atoms with Crippen LogP contribution in [-0.4, -0.2) is 73.5 Å². The fourth-order valence-corrected chi connectivity index (χ4v) is 5.58. The molecule has 1 aliphatic carbocycles. The number of unbranched alkanes of at least 4 members (excludes halogenated alkanes) is 3. The van der Waals surface area contributed by atoms with Crippen LogP contribution in [0, 0.1) is 5.92 Å². The van der Waals surface area contributed by atoms with E-state index >= 15 is 0 Å². The number of hydrogen-bond donors (Lipinski definition) is 1. The highest BCUT2D eigenvalue weighted by Gasteiger charge is 2.31. The van der Waals surface area contributed by atoms with Gasteiger partial charge in [0.15, 0.2) is 0 Å². The van der Waals surface area contributed by atoms with Gasteiger partial charge in [0.25, 0.3) is 0 Å². The van der Waals surface area contributed by atoms with E-state index in [1.807, 2.05) is 30.3 Å². The Kier molecular flexibility index (Phi) is 13.0. The van der Waals surface area contributed by atoms with Crippen molar-refractivity contribution in [2.75, 3.05) is 33.3 Å². The number of carbonyl (C=O) groups is 3. The number of likely N-dealkylation sites (tertiary alicyclic amines) is 1. The van der Waals surface area contributed by atoms with Gasteiger partial charge in [-0.25, -0.2) is 14.4 Å². The van der Waals surface area contributed by atoms with E-state index in [0.717, 1.165) is 44.3 Å². The van der Waals surface area contributed by atoms with E-state index in [9.17, 15) is 14.4 Å². The van der Waals surface area contributed by atoms with Crippen LogP contribution in [0.25, 0.3) is 0 Å². The summed E-state index contributed by atoms with van der Waals surface area (Å²) < 4.78 is 22.5. The molecule has 0 spiro atoms. The molecule has 3 amide bonds. The highest BCUT2D eigenvalue weighted by atomic mass is 16.6. The summed E-state index contributed by atoms with van der Waals surface area (Å²) in [5.41, 5.74) is 0. The molecule has 2 aromatic carbocycles. The van der Waals surface area contributed by atoms with Crippen molar-refractivity contribution in [2.24, 2.45) is 5.92 Å². The molecule has 240 valence electrons. The topological polar surface area (TPSA) is 107 Å². The fourth-order valence-electron chi connectivity index (χ4n) is 5.58. The van der Waals surface area contributed by atoms with Crippen LogP contribution in [0.5, 0.6) is 17.2 Å². The van der Waals surface area contributed by atoms with E-state index in [-0.39, 0.29) is 24.3 Å². The summed E-state index contributed by atoms with van der Waals surface area (Å²) in [5, 5.41) is 2.83. The van der Waals surface area contributed by atoms with Gasteiger partial charge in [0.1, 0.15) is 23.4 Å². The van der Waals surface area contributed by atoms with Gasteiger partial charge in [-0.15, -0.1) is 0 Å². The van der Waals surface area contributed by atoms with E-state index in [1.54, 1.807) is 41.1 Å². The molecule has 0 radical (unpaired) electrons. The molecular weight excluding hydrogens is 562 g/mol. The number of rotatable bonds is 12. The predicted octanol–water partition coefficient (Wildman–Crippen LogP) is 7.38.